The van der Waals surface area contributed by atoms with Crippen LogP contribution in [0.15, 0.2) is 24.3 Å². The van der Waals surface area contributed by atoms with E-state index < -0.39 is 0 Å². The molecule has 0 aliphatic carbocycles. The van der Waals surface area contributed by atoms with E-state index in [4.69, 9.17) is 4.74 Å². The average Bonchev–Trinajstić information content (AvgIpc) is 3.04. The van der Waals surface area contributed by atoms with Crippen LogP contribution < -0.4 is 15.4 Å². The van der Waals surface area contributed by atoms with Crippen molar-refractivity contribution in [2.45, 2.75) is 19.3 Å². The van der Waals surface area contributed by atoms with Crippen LogP contribution in [-0.2, 0) is 14.4 Å². The van der Waals surface area contributed by atoms with Gasteiger partial charge in [0.15, 0.2) is 0 Å². The summed E-state index contributed by atoms with van der Waals surface area (Å²) in [5.41, 5.74) is 0.676. The summed E-state index contributed by atoms with van der Waals surface area (Å²) in [6.45, 7) is 2.27. The molecule has 3 amide bonds. The monoisotopic (exact) mass is 376 g/mol. The number of methoxy groups -OCH3 is 1. The van der Waals surface area contributed by atoms with Crippen LogP contribution in [0.5, 0.6) is 5.75 Å². The minimum Gasteiger partial charge on any atom is -0.497 e. The van der Waals surface area contributed by atoms with E-state index in [1.54, 1.807) is 43.3 Å². The van der Waals surface area contributed by atoms with Crippen molar-refractivity contribution in [3.63, 3.8) is 0 Å². The number of likely N-dealkylation sites (tertiary alicyclic amines) is 1. The van der Waals surface area contributed by atoms with E-state index in [0.717, 1.165) is 25.1 Å². The van der Waals surface area contributed by atoms with Crippen molar-refractivity contribution in [3.05, 3.63) is 24.3 Å². The van der Waals surface area contributed by atoms with Gasteiger partial charge in [0.25, 0.3) is 0 Å². The average molecular weight is 376 g/mol. The summed E-state index contributed by atoms with van der Waals surface area (Å²) in [7, 11) is 3.30. The highest BCUT2D eigenvalue weighted by atomic mass is 16.5. The number of likely N-dealkylation sites (N-methyl/N-ethyl adjacent to an activating group) is 1. The zero-order valence-corrected chi connectivity index (χ0v) is 16.0. The molecule has 0 saturated carbocycles. The number of nitrogens with one attached hydrogen (secondary N) is 2. The molecule has 0 spiro atoms. The fraction of sp³-hybridized carbons (Fsp3) is 0.526. The van der Waals surface area contributed by atoms with E-state index in [1.807, 2.05) is 4.90 Å². The molecule has 8 heteroatoms. The van der Waals surface area contributed by atoms with Crippen LogP contribution in [0.2, 0.25) is 0 Å². The summed E-state index contributed by atoms with van der Waals surface area (Å²) < 4.78 is 5.07. The Morgan fingerprint density at radius 1 is 1.19 bits per heavy atom. The Hall–Kier alpha value is -2.61. The predicted molar refractivity (Wildman–Crippen MR) is 103 cm³/mol. The Balaban J connectivity index is 1.60. The van der Waals surface area contributed by atoms with Crippen molar-refractivity contribution < 1.29 is 19.1 Å². The molecular weight excluding hydrogens is 348 g/mol. The molecule has 0 bridgehead atoms. The van der Waals surface area contributed by atoms with Crippen molar-refractivity contribution in [1.82, 2.24) is 15.1 Å². The molecule has 0 radical (unpaired) electrons. The normalized spacial score (nSPS) is 13.7. The molecule has 1 heterocycles. The van der Waals surface area contributed by atoms with E-state index in [0.29, 0.717) is 25.2 Å². The van der Waals surface area contributed by atoms with Gasteiger partial charge in [0.05, 0.1) is 20.2 Å². The Kier molecular flexibility index (Phi) is 8.06. The molecule has 1 fully saturated rings. The molecule has 1 aromatic carbocycles. The lowest BCUT2D eigenvalue weighted by atomic mass is 10.3. The largest absolute Gasteiger partial charge is 0.497 e. The first-order chi connectivity index (χ1) is 13.0. The highest BCUT2D eigenvalue weighted by Crippen LogP contribution is 2.14. The smallest absolute Gasteiger partial charge is 0.238 e. The minimum atomic E-state index is -0.192. The van der Waals surface area contributed by atoms with Crippen LogP contribution >= 0.6 is 0 Å². The van der Waals surface area contributed by atoms with Crippen LogP contribution in [0.25, 0.3) is 0 Å². The SMILES string of the molecule is COc1ccc(NC(=O)CN(C)CC(=O)NCCCN2CCCC2=O)cc1. The summed E-state index contributed by atoms with van der Waals surface area (Å²) in [5.74, 6) is 0.588. The molecule has 2 rings (SSSR count). The Morgan fingerprint density at radius 3 is 2.52 bits per heavy atom. The number of hydrogen-bond donors (Lipinski definition) is 2. The van der Waals surface area contributed by atoms with Gasteiger partial charge in [-0.3, -0.25) is 19.3 Å². The fourth-order valence-corrected chi connectivity index (χ4v) is 2.92. The summed E-state index contributed by atoms with van der Waals surface area (Å²) in [6.07, 6.45) is 2.30. The predicted octanol–water partition coefficient (Wildman–Crippen LogP) is 0.694. The van der Waals surface area contributed by atoms with Gasteiger partial charge in [-0.1, -0.05) is 0 Å². The zero-order valence-electron chi connectivity index (χ0n) is 16.0. The van der Waals surface area contributed by atoms with Gasteiger partial charge in [0.1, 0.15) is 5.75 Å². The van der Waals surface area contributed by atoms with E-state index in [1.165, 1.54) is 0 Å². The second-order valence-corrected chi connectivity index (χ2v) is 6.64. The van der Waals surface area contributed by atoms with Gasteiger partial charge in [-0.05, 0) is 44.2 Å². The summed E-state index contributed by atoms with van der Waals surface area (Å²) in [6, 6.07) is 7.05. The molecule has 1 aliphatic rings. The molecule has 8 nitrogen and oxygen atoms in total. The number of ether oxygens (including phenoxy) is 1. The number of carbonyl (C=O) groups is 3. The van der Waals surface area contributed by atoms with Gasteiger partial charge in [-0.15, -0.1) is 0 Å². The molecule has 0 unspecified atom stereocenters. The molecular formula is C19H28N4O4. The van der Waals surface area contributed by atoms with Crippen LogP contribution in [0, 0.1) is 0 Å². The maximum atomic E-state index is 12.0. The van der Waals surface area contributed by atoms with E-state index in [9.17, 15) is 14.4 Å². The molecule has 0 atom stereocenters. The lowest BCUT2D eigenvalue weighted by molar-refractivity contribution is -0.127. The van der Waals surface area contributed by atoms with Gasteiger partial charge in [-0.25, -0.2) is 0 Å². The Morgan fingerprint density at radius 2 is 1.89 bits per heavy atom. The van der Waals surface area contributed by atoms with E-state index in [2.05, 4.69) is 10.6 Å². The standard InChI is InChI=1S/C19H28N4O4/c1-22(14-18(25)21-15-6-8-16(27-2)9-7-15)13-17(24)20-10-4-12-23-11-3-5-19(23)26/h6-9H,3-5,10-14H2,1-2H3,(H,20,24)(H,21,25). The van der Waals surface area contributed by atoms with Crippen molar-refractivity contribution >= 4 is 23.4 Å². The molecule has 27 heavy (non-hydrogen) atoms. The molecule has 2 N–H and O–H groups in total. The number of benzene rings is 1. The van der Waals surface area contributed by atoms with E-state index in [-0.39, 0.29) is 30.8 Å². The highest BCUT2D eigenvalue weighted by molar-refractivity contribution is 5.92. The maximum absolute atomic E-state index is 12.0. The minimum absolute atomic E-state index is 0.113. The number of rotatable bonds is 10. The second kappa shape index (κ2) is 10.5. The first kappa shape index (κ1) is 20.7. The quantitative estimate of drug-likeness (QED) is 0.587. The summed E-state index contributed by atoms with van der Waals surface area (Å²) in [4.78, 5) is 39.0. The second-order valence-electron chi connectivity index (χ2n) is 6.64. The van der Waals surface area contributed by atoms with Gasteiger partial charge < -0.3 is 20.3 Å². The number of anilines is 1. The summed E-state index contributed by atoms with van der Waals surface area (Å²) >= 11 is 0. The third-order valence-electron chi connectivity index (χ3n) is 4.30. The van der Waals surface area contributed by atoms with Gasteiger partial charge >= 0.3 is 0 Å². The van der Waals surface area contributed by atoms with Crippen LogP contribution in [0.3, 0.4) is 0 Å². The molecule has 1 saturated heterocycles. The zero-order chi connectivity index (χ0) is 19.6. The van der Waals surface area contributed by atoms with Crippen molar-refractivity contribution in [3.8, 4) is 5.75 Å². The van der Waals surface area contributed by atoms with Crippen LogP contribution in [0.1, 0.15) is 19.3 Å². The van der Waals surface area contributed by atoms with Gasteiger partial charge in [0.2, 0.25) is 17.7 Å². The van der Waals surface area contributed by atoms with Crippen molar-refractivity contribution in [1.29, 1.82) is 0 Å². The first-order valence-corrected chi connectivity index (χ1v) is 9.15. The molecule has 1 aromatic rings. The third-order valence-corrected chi connectivity index (χ3v) is 4.30. The maximum Gasteiger partial charge on any atom is 0.238 e. The fourth-order valence-electron chi connectivity index (χ4n) is 2.92. The lowest BCUT2D eigenvalue weighted by Gasteiger charge is -2.17. The number of carbonyl (C=O) groups excluding carboxylic acids is 3. The van der Waals surface area contributed by atoms with E-state index >= 15 is 0 Å². The van der Waals surface area contributed by atoms with Crippen molar-refractivity contribution in [2.24, 2.45) is 0 Å². The number of nitrogens with zero attached hydrogens (tertiary/aromatic N) is 2. The van der Waals surface area contributed by atoms with Crippen LogP contribution in [-0.4, -0.2) is 74.4 Å². The molecule has 1 aliphatic heterocycles. The van der Waals surface area contributed by atoms with Gasteiger partial charge in [0, 0.05) is 31.7 Å². The van der Waals surface area contributed by atoms with Gasteiger partial charge in [-0.2, -0.15) is 0 Å². The third kappa shape index (κ3) is 7.26. The van der Waals surface area contributed by atoms with Crippen LogP contribution in [0.4, 0.5) is 5.69 Å². The first-order valence-electron chi connectivity index (χ1n) is 9.15. The highest BCUT2D eigenvalue weighted by Gasteiger charge is 2.19. The number of hydrogen-bond acceptors (Lipinski definition) is 5. The number of amides is 3. The Labute approximate surface area is 159 Å². The summed E-state index contributed by atoms with van der Waals surface area (Å²) in [5, 5.41) is 5.60. The molecule has 148 valence electrons. The Bertz CT molecular complexity index is 648. The lowest BCUT2D eigenvalue weighted by Crippen LogP contribution is -2.39. The molecule has 0 aromatic heterocycles. The topological polar surface area (TPSA) is 91.0 Å². The van der Waals surface area contributed by atoms with Crippen molar-refractivity contribution in [2.75, 3.05) is 52.2 Å².